The zero-order valence-electron chi connectivity index (χ0n) is 9.01. The van der Waals surface area contributed by atoms with Crippen molar-refractivity contribution in [3.05, 3.63) is 0 Å². The summed E-state index contributed by atoms with van der Waals surface area (Å²) in [6.45, 7) is 4.16. The van der Waals surface area contributed by atoms with Gasteiger partial charge in [-0.15, -0.1) is 0 Å². The maximum absolute atomic E-state index is 11.6. The fourth-order valence-corrected chi connectivity index (χ4v) is 2.24. The van der Waals surface area contributed by atoms with Gasteiger partial charge in [-0.2, -0.15) is 0 Å². The molecular weight excluding hydrogens is 178 g/mol. The molecule has 1 fully saturated rings. The van der Waals surface area contributed by atoms with E-state index in [1.165, 1.54) is 0 Å². The lowest BCUT2D eigenvalue weighted by Gasteiger charge is -2.28. The second kappa shape index (κ2) is 5.13. The summed E-state index contributed by atoms with van der Waals surface area (Å²) >= 11 is 0. The molecule has 1 rings (SSSR count). The number of hydrogen-bond acceptors (Lipinski definition) is 2. The Morgan fingerprint density at radius 2 is 1.79 bits per heavy atom. The van der Waals surface area contributed by atoms with Gasteiger partial charge in [0.2, 0.25) is 5.91 Å². The second-order valence-electron chi connectivity index (χ2n) is 4.00. The first-order valence-electron chi connectivity index (χ1n) is 5.45. The molecule has 0 aromatic rings. The zero-order chi connectivity index (χ0) is 10.6. The van der Waals surface area contributed by atoms with Crippen LogP contribution in [-0.4, -0.2) is 18.2 Å². The van der Waals surface area contributed by atoms with Crippen LogP contribution in [0, 0.1) is 11.8 Å². The molecule has 0 saturated heterocycles. The third-order valence-electron chi connectivity index (χ3n) is 2.98. The van der Waals surface area contributed by atoms with Crippen LogP contribution in [0.5, 0.6) is 0 Å². The Kier molecular flexibility index (Phi) is 4.11. The minimum Gasteiger partial charge on any atom is -0.356 e. The fourth-order valence-electron chi connectivity index (χ4n) is 2.24. The van der Waals surface area contributed by atoms with Crippen molar-refractivity contribution in [3.63, 3.8) is 0 Å². The summed E-state index contributed by atoms with van der Waals surface area (Å²) in [5, 5.41) is 2.81. The van der Waals surface area contributed by atoms with E-state index >= 15 is 0 Å². The van der Waals surface area contributed by atoms with Gasteiger partial charge in [0.05, 0.1) is 0 Å². The smallest absolute Gasteiger partial charge is 0.223 e. The molecule has 0 aromatic heterocycles. The highest BCUT2D eigenvalue weighted by Gasteiger charge is 2.33. The summed E-state index contributed by atoms with van der Waals surface area (Å²) in [6, 6.07) is 0. The SMILES string of the molecule is CCNC(=O)C1CCCCC1C(C)=O. The van der Waals surface area contributed by atoms with E-state index < -0.39 is 0 Å². The van der Waals surface area contributed by atoms with E-state index in [1.54, 1.807) is 6.92 Å². The van der Waals surface area contributed by atoms with Crippen molar-refractivity contribution in [2.75, 3.05) is 6.54 Å². The Hall–Kier alpha value is -0.860. The summed E-state index contributed by atoms with van der Waals surface area (Å²) < 4.78 is 0. The van der Waals surface area contributed by atoms with Crippen LogP contribution < -0.4 is 5.32 Å². The number of nitrogens with one attached hydrogen (secondary N) is 1. The monoisotopic (exact) mass is 197 g/mol. The molecule has 80 valence electrons. The molecule has 3 heteroatoms. The predicted molar refractivity (Wildman–Crippen MR) is 54.8 cm³/mol. The van der Waals surface area contributed by atoms with Crippen LogP contribution in [0.4, 0.5) is 0 Å². The van der Waals surface area contributed by atoms with E-state index in [0.717, 1.165) is 25.7 Å². The second-order valence-corrected chi connectivity index (χ2v) is 4.00. The predicted octanol–water partition coefficient (Wildman–Crippen LogP) is 1.52. The van der Waals surface area contributed by atoms with E-state index in [2.05, 4.69) is 5.32 Å². The number of carbonyl (C=O) groups excluding carboxylic acids is 2. The third kappa shape index (κ3) is 2.56. The Balaban J connectivity index is 2.62. The van der Waals surface area contributed by atoms with Gasteiger partial charge >= 0.3 is 0 Å². The van der Waals surface area contributed by atoms with Crippen molar-refractivity contribution >= 4 is 11.7 Å². The molecule has 2 atom stereocenters. The summed E-state index contributed by atoms with van der Waals surface area (Å²) in [5.74, 6) is 0.129. The van der Waals surface area contributed by atoms with Gasteiger partial charge < -0.3 is 5.32 Å². The molecule has 0 aromatic carbocycles. The first-order valence-corrected chi connectivity index (χ1v) is 5.45. The first-order chi connectivity index (χ1) is 6.66. The minimum absolute atomic E-state index is 0.0321. The van der Waals surface area contributed by atoms with E-state index in [1.807, 2.05) is 6.92 Å². The van der Waals surface area contributed by atoms with Gasteiger partial charge in [-0.1, -0.05) is 12.8 Å². The lowest BCUT2D eigenvalue weighted by Crippen LogP contribution is -2.39. The van der Waals surface area contributed by atoms with Gasteiger partial charge in [0, 0.05) is 18.4 Å². The van der Waals surface area contributed by atoms with Crippen LogP contribution in [0.1, 0.15) is 39.5 Å². The van der Waals surface area contributed by atoms with E-state index in [4.69, 9.17) is 0 Å². The highest BCUT2D eigenvalue weighted by molar-refractivity contribution is 5.87. The molecule has 1 N–H and O–H groups in total. The molecule has 2 unspecified atom stereocenters. The Bertz CT molecular complexity index is 225. The lowest BCUT2D eigenvalue weighted by molar-refractivity contribution is -0.134. The van der Waals surface area contributed by atoms with Crippen molar-refractivity contribution in [1.29, 1.82) is 0 Å². The average molecular weight is 197 g/mol. The largest absolute Gasteiger partial charge is 0.356 e. The van der Waals surface area contributed by atoms with Crippen LogP contribution in [0.3, 0.4) is 0 Å². The van der Waals surface area contributed by atoms with Gasteiger partial charge in [-0.3, -0.25) is 9.59 Å². The maximum atomic E-state index is 11.6. The van der Waals surface area contributed by atoms with Gasteiger partial charge in [0.1, 0.15) is 5.78 Å². The third-order valence-corrected chi connectivity index (χ3v) is 2.98. The van der Waals surface area contributed by atoms with E-state index in [-0.39, 0.29) is 23.5 Å². The standard InChI is InChI=1S/C11H19NO2/c1-3-12-11(14)10-7-5-4-6-9(10)8(2)13/h9-10H,3-7H2,1-2H3,(H,12,14). The van der Waals surface area contributed by atoms with Crippen LogP contribution >= 0.6 is 0 Å². The molecule has 0 aliphatic heterocycles. The van der Waals surface area contributed by atoms with Crippen molar-refractivity contribution in [2.24, 2.45) is 11.8 Å². The van der Waals surface area contributed by atoms with Gasteiger partial charge in [-0.05, 0) is 26.7 Å². The van der Waals surface area contributed by atoms with Crippen molar-refractivity contribution in [2.45, 2.75) is 39.5 Å². The average Bonchev–Trinajstić information content (AvgIpc) is 2.18. The molecule has 0 bridgehead atoms. The highest BCUT2D eigenvalue weighted by Crippen LogP contribution is 2.30. The molecular formula is C11H19NO2. The number of hydrogen-bond donors (Lipinski definition) is 1. The number of ketones is 1. The molecule has 1 saturated carbocycles. The van der Waals surface area contributed by atoms with Crippen LogP contribution in [0.2, 0.25) is 0 Å². The molecule has 0 spiro atoms. The van der Waals surface area contributed by atoms with E-state index in [0.29, 0.717) is 6.54 Å². The molecule has 0 heterocycles. The van der Waals surface area contributed by atoms with Gasteiger partial charge in [-0.25, -0.2) is 0 Å². The van der Waals surface area contributed by atoms with Gasteiger partial charge in [0.25, 0.3) is 0 Å². The van der Waals surface area contributed by atoms with Crippen molar-refractivity contribution < 1.29 is 9.59 Å². The molecule has 0 radical (unpaired) electrons. The van der Waals surface area contributed by atoms with Crippen LogP contribution in [0.15, 0.2) is 0 Å². The normalized spacial score (nSPS) is 27.0. The number of Topliss-reactive ketones (excluding diaryl/α,β-unsaturated/α-hetero) is 1. The number of rotatable bonds is 3. The minimum atomic E-state index is -0.0683. The van der Waals surface area contributed by atoms with Crippen molar-refractivity contribution in [3.8, 4) is 0 Å². The molecule has 14 heavy (non-hydrogen) atoms. The lowest BCUT2D eigenvalue weighted by atomic mass is 9.77. The molecule has 1 aliphatic rings. The summed E-state index contributed by atoms with van der Waals surface area (Å²) in [7, 11) is 0. The maximum Gasteiger partial charge on any atom is 0.223 e. The van der Waals surface area contributed by atoms with Crippen LogP contribution in [-0.2, 0) is 9.59 Å². The molecule has 1 aliphatic carbocycles. The number of amides is 1. The topological polar surface area (TPSA) is 46.2 Å². The zero-order valence-corrected chi connectivity index (χ0v) is 9.01. The Morgan fingerprint density at radius 3 is 2.29 bits per heavy atom. The summed E-state index contributed by atoms with van der Waals surface area (Å²) in [5.41, 5.74) is 0. The summed E-state index contributed by atoms with van der Waals surface area (Å²) in [6.07, 6.45) is 3.92. The van der Waals surface area contributed by atoms with E-state index in [9.17, 15) is 9.59 Å². The highest BCUT2D eigenvalue weighted by atomic mass is 16.2. The van der Waals surface area contributed by atoms with Crippen LogP contribution in [0.25, 0.3) is 0 Å². The summed E-state index contributed by atoms with van der Waals surface area (Å²) in [4.78, 5) is 23.0. The quantitative estimate of drug-likeness (QED) is 0.745. The first kappa shape index (κ1) is 11.2. The van der Waals surface area contributed by atoms with Gasteiger partial charge in [0.15, 0.2) is 0 Å². The molecule has 3 nitrogen and oxygen atoms in total. The Morgan fingerprint density at radius 1 is 1.21 bits per heavy atom. The van der Waals surface area contributed by atoms with Crippen molar-refractivity contribution in [1.82, 2.24) is 5.32 Å². The Labute approximate surface area is 85.3 Å². The fraction of sp³-hybridized carbons (Fsp3) is 0.818. The number of carbonyl (C=O) groups is 2. The molecule has 1 amide bonds.